The Kier molecular flexibility index (Phi) is 6.90. The van der Waals surface area contributed by atoms with Crippen molar-refractivity contribution in [2.75, 3.05) is 13.1 Å². The third-order valence-electron chi connectivity index (χ3n) is 2.43. The van der Waals surface area contributed by atoms with Gasteiger partial charge in [-0.15, -0.1) is 0 Å². The van der Waals surface area contributed by atoms with E-state index in [4.69, 9.17) is 23.2 Å². The van der Waals surface area contributed by atoms with Crippen LogP contribution in [0, 0.1) is 0 Å². The van der Waals surface area contributed by atoms with Crippen LogP contribution in [-0.2, 0) is 6.54 Å². The first-order chi connectivity index (χ1) is 8.11. The van der Waals surface area contributed by atoms with E-state index in [0.717, 1.165) is 31.6 Å². The SMILES string of the molecule is CC(C)NCCCNCc1cccc(Cl)c1Cl. The van der Waals surface area contributed by atoms with Crippen molar-refractivity contribution in [1.29, 1.82) is 0 Å². The van der Waals surface area contributed by atoms with Gasteiger partial charge >= 0.3 is 0 Å². The molecular weight excluding hydrogens is 255 g/mol. The van der Waals surface area contributed by atoms with E-state index in [0.29, 0.717) is 16.1 Å². The molecule has 96 valence electrons. The smallest absolute Gasteiger partial charge is 0.0637 e. The highest BCUT2D eigenvalue weighted by atomic mass is 35.5. The molecule has 0 aliphatic heterocycles. The summed E-state index contributed by atoms with van der Waals surface area (Å²) in [5.41, 5.74) is 1.05. The van der Waals surface area contributed by atoms with Crippen LogP contribution in [0.5, 0.6) is 0 Å². The maximum Gasteiger partial charge on any atom is 0.0637 e. The Balaban J connectivity index is 2.20. The molecule has 0 aliphatic rings. The molecule has 17 heavy (non-hydrogen) atoms. The normalized spacial score (nSPS) is 11.1. The molecule has 4 heteroatoms. The molecule has 1 aromatic rings. The Morgan fingerprint density at radius 3 is 2.65 bits per heavy atom. The Morgan fingerprint density at radius 1 is 1.18 bits per heavy atom. The van der Waals surface area contributed by atoms with Gasteiger partial charge in [0, 0.05) is 12.6 Å². The molecule has 2 N–H and O–H groups in total. The van der Waals surface area contributed by atoms with Gasteiger partial charge in [-0.25, -0.2) is 0 Å². The molecule has 0 aliphatic carbocycles. The molecule has 0 bridgehead atoms. The van der Waals surface area contributed by atoms with Crippen LogP contribution >= 0.6 is 23.2 Å². The Hall–Kier alpha value is -0.280. The van der Waals surface area contributed by atoms with Gasteiger partial charge in [-0.05, 0) is 31.1 Å². The number of halogens is 2. The van der Waals surface area contributed by atoms with E-state index in [9.17, 15) is 0 Å². The monoisotopic (exact) mass is 274 g/mol. The van der Waals surface area contributed by atoms with E-state index in [1.165, 1.54) is 0 Å². The van der Waals surface area contributed by atoms with Gasteiger partial charge in [-0.2, -0.15) is 0 Å². The molecule has 0 aromatic heterocycles. The second kappa shape index (κ2) is 7.93. The third-order valence-corrected chi connectivity index (χ3v) is 3.29. The van der Waals surface area contributed by atoms with Crippen LogP contribution in [0.4, 0.5) is 0 Å². The second-order valence-corrected chi connectivity index (χ2v) is 5.14. The van der Waals surface area contributed by atoms with E-state index in [2.05, 4.69) is 24.5 Å². The fourth-order valence-electron chi connectivity index (χ4n) is 1.51. The highest BCUT2D eigenvalue weighted by molar-refractivity contribution is 6.42. The predicted molar refractivity (Wildman–Crippen MR) is 75.9 cm³/mol. The molecule has 1 aromatic carbocycles. The van der Waals surface area contributed by atoms with Gasteiger partial charge < -0.3 is 10.6 Å². The molecule has 0 fully saturated rings. The molecule has 1 rings (SSSR count). The summed E-state index contributed by atoms with van der Waals surface area (Å²) in [7, 11) is 0. The molecule has 0 atom stereocenters. The molecule has 2 nitrogen and oxygen atoms in total. The van der Waals surface area contributed by atoms with Crippen molar-refractivity contribution in [2.24, 2.45) is 0 Å². The van der Waals surface area contributed by atoms with Gasteiger partial charge in [0.15, 0.2) is 0 Å². The van der Waals surface area contributed by atoms with E-state index >= 15 is 0 Å². The van der Waals surface area contributed by atoms with Gasteiger partial charge in [0.05, 0.1) is 10.0 Å². The van der Waals surface area contributed by atoms with Crippen LogP contribution < -0.4 is 10.6 Å². The average molecular weight is 275 g/mol. The molecule has 0 radical (unpaired) electrons. The van der Waals surface area contributed by atoms with E-state index in [1.807, 2.05) is 12.1 Å². The highest BCUT2D eigenvalue weighted by Gasteiger charge is 2.03. The third kappa shape index (κ3) is 5.73. The molecule has 0 amide bonds. The number of hydrogen-bond donors (Lipinski definition) is 2. The molecule has 0 saturated carbocycles. The lowest BCUT2D eigenvalue weighted by Gasteiger charge is -2.09. The van der Waals surface area contributed by atoms with Crippen LogP contribution in [0.25, 0.3) is 0 Å². The van der Waals surface area contributed by atoms with Crippen molar-refractivity contribution in [3.8, 4) is 0 Å². The van der Waals surface area contributed by atoms with Crippen LogP contribution in [0.1, 0.15) is 25.8 Å². The summed E-state index contributed by atoms with van der Waals surface area (Å²) < 4.78 is 0. The number of hydrogen-bond acceptors (Lipinski definition) is 2. The summed E-state index contributed by atoms with van der Waals surface area (Å²) in [5, 5.41) is 8.01. The summed E-state index contributed by atoms with van der Waals surface area (Å²) >= 11 is 12.0. The topological polar surface area (TPSA) is 24.1 Å². The van der Waals surface area contributed by atoms with Crippen LogP contribution in [0.2, 0.25) is 10.0 Å². The average Bonchev–Trinajstić information content (AvgIpc) is 2.28. The molecule has 0 spiro atoms. The van der Waals surface area contributed by atoms with Gasteiger partial charge in [0.1, 0.15) is 0 Å². The molecule has 0 heterocycles. The number of nitrogens with one attached hydrogen (secondary N) is 2. The van der Waals surface area contributed by atoms with Crippen LogP contribution in [-0.4, -0.2) is 19.1 Å². The van der Waals surface area contributed by atoms with Crippen molar-refractivity contribution in [1.82, 2.24) is 10.6 Å². The van der Waals surface area contributed by atoms with Gasteiger partial charge in [0.2, 0.25) is 0 Å². The van der Waals surface area contributed by atoms with Crippen molar-refractivity contribution < 1.29 is 0 Å². The fraction of sp³-hybridized carbons (Fsp3) is 0.538. The standard InChI is InChI=1S/C13H20Cl2N2/c1-10(2)17-8-4-7-16-9-11-5-3-6-12(14)13(11)15/h3,5-6,10,16-17H,4,7-9H2,1-2H3. The zero-order valence-corrected chi connectivity index (χ0v) is 11.9. The zero-order chi connectivity index (χ0) is 12.7. The number of rotatable bonds is 7. The predicted octanol–water partition coefficient (Wildman–Crippen LogP) is 3.47. The van der Waals surface area contributed by atoms with Crippen molar-refractivity contribution in [2.45, 2.75) is 32.9 Å². The summed E-state index contributed by atoms with van der Waals surface area (Å²) in [5.74, 6) is 0. The zero-order valence-electron chi connectivity index (χ0n) is 10.4. The maximum atomic E-state index is 6.09. The largest absolute Gasteiger partial charge is 0.314 e. The van der Waals surface area contributed by atoms with Crippen molar-refractivity contribution >= 4 is 23.2 Å². The summed E-state index contributed by atoms with van der Waals surface area (Å²) in [6, 6.07) is 6.27. The molecule has 0 unspecified atom stereocenters. The minimum absolute atomic E-state index is 0.553. The van der Waals surface area contributed by atoms with Gasteiger partial charge in [-0.1, -0.05) is 49.2 Å². The first-order valence-electron chi connectivity index (χ1n) is 5.98. The quantitative estimate of drug-likeness (QED) is 0.744. The minimum Gasteiger partial charge on any atom is -0.314 e. The van der Waals surface area contributed by atoms with E-state index in [-0.39, 0.29) is 0 Å². The van der Waals surface area contributed by atoms with Crippen molar-refractivity contribution in [3.63, 3.8) is 0 Å². The molecular formula is C13H20Cl2N2. The minimum atomic E-state index is 0.553. The van der Waals surface area contributed by atoms with Crippen LogP contribution in [0.3, 0.4) is 0 Å². The Morgan fingerprint density at radius 2 is 1.94 bits per heavy atom. The molecule has 0 saturated heterocycles. The lowest BCUT2D eigenvalue weighted by molar-refractivity contribution is 0.547. The number of benzene rings is 1. The summed E-state index contributed by atoms with van der Waals surface area (Å²) in [4.78, 5) is 0. The van der Waals surface area contributed by atoms with E-state index in [1.54, 1.807) is 6.07 Å². The second-order valence-electron chi connectivity index (χ2n) is 4.35. The fourth-order valence-corrected chi connectivity index (χ4v) is 1.90. The van der Waals surface area contributed by atoms with Crippen LogP contribution in [0.15, 0.2) is 18.2 Å². The summed E-state index contributed by atoms with van der Waals surface area (Å²) in [6.45, 7) is 7.08. The maximum absolute atomic E-state index is 6.09. The Bertz CT molecular complexity index is 340. The lowest BCUT2D eigenvalue weighted by Crippen LogP contribution is -2.26. The lowest BCUT2D eigenvalue weighted by atomic mass is 10.2. The first-order valence-corrected chi connectivity index (χ1v) is 6.74. The van der Waals surface area contributed by atoms with Gasteiger partial charge in [0.25, 0.3) is 0 Å². The van der Waals surface area contributed by atoms with E-state index < -0.39 is 0 Å². The van der Waals surface area contributed by atoms with Gasteiger partial charge in [-0.3, -0.25) is 0 Å². The Labute approximate surface area is 114 Å². The first kappa shape index (κ1) is 14.8. The highest BCUT2D eigenvalue weighted by Crippen LogP contribution is 2.25. The van der Waals surface area contributed by atoms with Crippen molar-refractivity contribution in [3.05, 3.63) is 33.8 Å². The summed E-state index contributed by atoms with van der Waals surface area (Å²) in [6.07, 6.45) is 1.11.